The van der Waals surface area contributed by atoms with Crippen LogP contribution < -0.4 is 14.4 Å². The number of amides is 1. The van der Waals surface area contributed by atoms with Crippen LogP contribution in [0.4, 0.5) is 10.8 Å². The molecule has 0 N–H and O–H groups in total. The van der Waals surface area contributed by atoms with Crippen LogP contribution in [-0.4, -0.2) is 62.1 Å². The molecule has 0 bridgehead atoms. The number of anilines is 1. The lowest BCUT2D eigenvalue weighted by Crippen LogP contribution is -2.37. The zero-order chi connectivity index (χ0) is 21.8. The molecular formula is C20H22N4O5S. The first kappa shape index (κ1) is 21.5. The standard InChI is InChI=1S/C20H22N4O5S/c1-22(2)9-10-23(19(25)13-7-5-6-8-15(13)24(26)27)20-21-14-11-16(28-3)17(29-4)12-18(14)30-20/h5-8,11-12H,9-10H2,1-4H3. The number of hydrogen-bond donors (Lipinski definition) is 0. The van der Waals surface area contributed by atoms with Crippen LogP contribution in [-0.2, 0) is 0 Å². The number of methoxy groups -OCH3 is 2. The third-order valence-corrected chi connectivity index (χ3v) is 5.50. The third kappa shape index (κ3) is 4.34. The number of carbonyl (C=O) groups is 1. The summed E-state index contributed by atoms with van der Waals surface area (Å²) in [6.45, 7) is 0.890. The zero-order valence-electron chi connectivity index (χ0n) is 17.1. The van der Waals surface area contributed by atoms with Crippen LogP contribution in [0.1, 0.15) is 10.4 Å². The van der Waals surface area contributed by atoms with E-state index in [2.05, 4.69) is 4.98 Å². The highest BCUT2D eigenvalue weighted by Gasteiger charge is 2.27. The second-order valence-electron chi connectivity index (χ2n) is 6.71. The second kappa shape index (κ2) is 9.06. The smallest absolute Gasteiger partial charge is 0.282 e. The number of ether oxygens (including phenoxy) is 2. The highest BCUT2D eigenvalue weighted by molar-refractivity contribution is 7.22. The van der Waals surface area contributed by atoms with Gasteiger partial charge in [0, 0.05) is 31.3 Å². The first-order valence-electron chi connectivity index (χ1n) is 9.08. The zero-order valence-corrected chi connectivity index (χ0v) is 17.9. The summed E-state index contributed by atoms with van der Waals surface area (Å²) in [5.41, 5.74) is 0.440. The Morgan fingerprint density at radius 1 is 1.13 bits per heavy atom. The number of para-hydroxylation sites is 1. The number of nitro benzene ring substituents is 1. The Morgan fingerprint density at radius 2 is 1.80 bits per heavy atom. The highest BCUT2D eigenvalue weighted by atomic mass is 32.1. The molecule has 2 aromatic carbocycles. The number of carbonyl (C=O) groups excluding carboxylic acids is 1. The van der Waals surface area contributed by atoms with Crippen molar-refractivity contribution in [3.63, 3.8) is 0 Å². The van der Waals surface area contributed by atoms with Gasteiger partial charge in [0.05, 0.1) is 29.4 Å². The maximum absolute atomic E-state index is 13.3. The first-order valence-corrected chi connectivity index (χ1v) is 9.90. The van der Waals surface area contributed by atoms with E-state index in [9.17, 15) is 14.9 Å². The molecule has 3 aromatic rings. The molecule has 0 aliphatic heterocycles. The summed E-state index contributed by atoms with van der Waals surface area (Å²) in [6, 6.07) is 9.48. The van der Waals surface area contributed by atoms with Crippen LogP contribution in [0.5, 0.6) is 11.5 Å². The van der Waals surface area contributed by atoms with E-state index < -0.39 is 10.8 Å². The molecule has 0 saturated carbocycles. The predicted molar refractivity (Wildman–Crippen MR) is 116 cm³/mol. The lowest BCUT2D eigenvalue weighted by molar-refractivity contribution is -0.385. The monoisotopic (exact) mass is 430 g/mol. The van der Waals surface area contributed by atoms with Gasteiger partial charge in [0.2, 0.25) is 0 Å². The van der Waals surface area contributed by atoms with Gasteiger partial charge in [0.1, 0.15) is 5.56 Å². The van der Waals surface area contributed by atoms with E-state index in [4.69, 9.17) is 9.47 Å². The molecule has 0 radical (unpaired) electrons. The number of rotatable bonds is 8. The summed E-state index contributed by atoms with van der Waals surface area (Å²) >= 11 is 1.31. The minimum atomic E-state index is -0.550. The van der Waals surface area contributed by atoms with Gasteiger partial charge >= 0.3 is 0 Å². The van der Waals surface area contributed by atoms with E-state index in [0.717, 1.165) is 4.70 Å². The lowest BCUT2D eigenvalue weighted by Gasteiger charge is -2.21. The Kier molecular flexibility index (Phi) is 6.48. The topological polar surface area (TPSA) is 98.0 Å². The van der Waals surface area contributed by atoms with Crippen LogP contribution in [0.2, 0.25) is 0 Å². The van der Waals surface area contributed by atoms with E-state index >= 15 is 0 Å². The number of hydrogen-bond acceptors (Lipinski definition) is 8. The molecule has 0 aliphatic rings. The van der Waals surface area contributed by atoms with E-state index in [1.807, 2.05) is 19.0 Å². The minimum Gasteiger partial charge on any atom is -0.493 e. The van der Waals surface area contributed by atoms with Crippen molar-refractivity contribution in [3.05, 3.63) is 52.1 Å². The van der Waals surface area contributed by atoms with Crippen molar-refractivity contribution in [1.29, 1.82) is 0 Å². The molecule has 30 heavy (non-hydrogen) atoms. The third-order valence-electron chi connectivity index (χ3n) is 4.46. The van der Waals surface area contributed by atoms with Crippen molar-refractivity contribution < 1.29 is 19.2 Å². The van der Waals surface area contributed by atoms with Crippen molar-refractivity contribution >= 4 is 38.3 Å². The number of likely N-dealkylation sites (N-methyl/N-ethyl adjacent to an activating group) is 1. The van der Waals surface area contributed by atoms with Crippen LogP contribution in [0.15, 0.2) is 36.4 Å². The molecule has 0 aliphatic carbocycles. The van der Waals surface area contributed by atoms with Crippen LogP contribution >= 0.6 is 11.3 Å². The van der Waals surface area contributed by atoms with E-state index in [1.165, 1.54) is 34.4 Å². The number of thiazole rings is 1. The summed E-state index contributed by atoms with van der Waals surface area (Å²) in [5.74, 6) is 0.624. The summed E-state index contributed by atoms with van der Waals surface area (Å²) in [7, 11) is 6.87. The summed E-state index contributed by atoms with van der Waals surface area (Å²) in [6.07, 6.45) is 0. The molecule has 10 heteroatoms. The molecule has 1 amide bonds. The molecule has 3 rings (SSSR count). The molecule has 1 heterocycles. The van der Waals surface area contributed by atoms with Gasteiger partial charge in [-0.3, -0.25) is 19.8 Å². The summed E-state index contributed by atoms with van der Waals surface area (Å²) in [4.78, 5) is 32.2. The Balaban J connectivity index is 2.08. The fraction of sp³-hybridized carbons (Fsp3) is 0.300. The van der Waals surface area contributed by atoms with Crippen molar-refractivity contribution in [2.75, 3.05) is 46.3 Å². The van der Waals surface area contributed by atoms with Crippen molar-refractivity contribution in [2.45, 2.75) is 0 Å². The van der Waals surface area contributed by atoms with Gasteiger partial charge in [-0.1, -0.05) is 23.5 Å². The Bertz CT molecular complexity index is 1040. The van der Waals surface area contributed by atoms with Gasteiger partial charge in [-0.15, -0.1) is 0 Å². The summed E-state index contributed by atoms with van der Waals surface area (Å²) < 4.78 is 11.5. The van der Waals surface area contributed by atoms with Crippen molar-refractivity contribution in [2.24, 2.45) is 0 Å². The molecular weight excluding hydrogens is 408 g/mol. The van der Waals surface area contributed by atoms with Crippen LogP contribution in [0.3, 0.4) is 0 Å². The van der Waals surface area contributed by atoms with Crippen molar-refractivity contribution in [3.8, 4) is 11.5 Å². The maximum atomic E-state index is 13.3. The second-order valence-corrected chi connectivity index (χ2v) is 7.71. The van der Waals surface area contributed by atoms with Crippen LogP contribution in [0.25, 0.3) is 10.2 Å². The Labute approximate surface area is 177 Å². The van der Waals surface area contributed by atoms with Gasteiger partial charge in [-0.25, -0.2) is 4.98 Å². The number of fused-ring (bicyclic) bond motifs is 1. The van der Waals surface area contributed by atoms with Gasteiger partial charge < -0.3 is 14.4 Å². The molecule has 1 aromatic heterocycles. The van der Waals surface area contributed by atoms with E-state index in [-0.39, 0.29) is 11.3 Å². The van der Waals surface area contributed by atoms with Crippen LogP contribution in [0, 0.1) is 10.1 Å². The Morgan fingerprint density at radius 3 is 2.43 bits per heavy atom. The normalized spacial score (nSPS) is 11.0. The lowest BCUT2D eigenvalue weighted by atomic mass is 10.1. The SMILES string of the molecule is COc1cc2nc(N(CCN(C)C)C(=O)c3ccccc3[N+](=O)[O-])sc2cc1OC. The number of benzene rings is 2. The largest absolute Gasteiger partial charge is 0.493 e. The van der Waals surface area contributed by atoms with E-state index in [0.29, 0.717) is 35.2 Å². The van der Waals surface area contributed by atoms with Gasteiger partial charge in [-0.05, 0) is 20.2 Å². The molecule has 0 spiro atoms. The van der Waals surface area contributed by atoms with E-state index in [1.54, 1.807) is 32.4 Å². The number of nitro groups is 1. The van der Waals surface area contributed by atoms with Crippen molar-refractivity contribution in [1.82, 2.24) is 9.88 Å². The number of nitrogens with zero attached hydrogens (tertiary/aromatic N) is 4. The minimum absolute atomic E-state index is 0.0238. The molecule has 158 valence electrons. The molecule has 0 fully saturated rings. The molecule has 0 atom stereocenters. The average molecular weight is 430 g/mol. The number of aromatic nitrogens is 1. The Hall–Kier alpha value is -3.24. The highest BCUT2D eigenvalue weighted by Crippen LogP contribution is 2.37. The molecule has 0 unspecified atom stereocenters. The van der Waals surface area contributed by atoms with Gasteiger partial charge in [0.25, 0.3) is 11.6 Å². The maximum Gasteiger partial charge on any atom is 0.282 e. The first-order chi connectivity index (χ1) is 14.3. The predicted octanol–water partition coefficient (Wildman–Crippen LogP) is 3.43. The van der Waals surface area contributed by atoms with Gasteiger partial charge in [0.15, 0.2) is 16.6 Å². The fourth-order valence-electron chi connectivity index (χ4n) is 2.90. The quantitative estimate of drug-likeness (QED) is 0.399. The molecule has 9 nitrogen and oxygen atoms in total. The summed E-state index contributed by atoms with van der Waals surface area (Å²) in [5, 5.41) is 11.9. The average Bonchev–Trinajstić information content (AvgIpc) is 3.14. The fourth-order valence-corrected chi connectivity index (χ4v) is 3.90. The van der Waals surface area contributed by atoms with Gasteiger partial charge in [-0.2, -0.15) is 0 Å². The molecule has 0 saturated heterocycles.